The number of nitrogens with zero attached hydrogens (tertiary/aromatic N) is 8. The number of ether oxygens (including phenoxy) is 1. The number of rotatable bonds is 8. The maximum atomic E-state index is 14.2. The molecule has 1 unspecified atom stereocenters. The van der Waals surface area contributed by atoms with Crippen molar-refractivity contribution in [2.45, 2.75) is 63.3 Å². The Morgan fingerprint density at radius 2 is 1.82 bits per heavy atom. The lowest BCUT2D eigenvalue weighted by molar-refractivity contribution is -0.137. The third-order valence-electron chi connectivity index (χ3n) is 10.7. The van der Waals surface area contributed by atoms with Gasteiger partial charge in [0.2, 0.25) is 16.4 Å². The molecule has 5 aromatic rings. The van der Waals surface area contributed by atoms with E-state index in [2.05, 4.69) is 46.2 Å². The van der Waals surface area contributed by atoms with Crippen LogP contribution in [0, 0.1) is 0 Å². The Bertz CT molecular complexity index is 2380. The first-order valence-corrected chi connectivity index (χ1v) is 18.9. The Hall–Kier alpha value is -5.03. The molecule has 1 spiro atoms. The van der Waals surface area contributed by atoms with Crippen LogP contribution in [-0.2, 0) is 29.5 Å². The van der Waals surface area contributed by atoms with E-state index in [0.29, 0.717) is 55.2 Å². The largest absolute Gasteiger partial charge is 0.483 e. The topological polar surface area (TPSA) is 140 Å². The van der Waals surface area contributed by atoms with Crippen molar-refractivity contribution in [3.8, 4) is 5.75 Å². The van der Waals surface area contributed by atoms with E-state index in [9.17, 15) is 27.6 Å². The van der Waals surface area contributed by atoms with E-state index in [0.717, 1.165) is 47.8 Å². The van der Waals surface area contributed by atoms with E-state index < -0.39 is 23.1 Å². The highest BCUT2D eigenvalue weighted by atomic mass is 79.9. The van der Waals surface area contributed by atoms with E-state index in [1.54, 1.807) is 9.47 Å². The molecule has 18 heteroatoms. The summed E-state index contributed by atoms with van der Waals surface area (Å²) >= 11 is 9.39. The van der Waals surface area contributed by atoms with Crippen LogP contribution in [0.5, 0.6) is 5.75 Å². The summed E-state index contributed by atoms with van der Waals surface area (Å²) in [5.41, 5.74) is 0.316. The van der Waals surface area contributed by atoms with Crippen LogP contribution in [0.25, 0.3) is 5.78 Å². The molecular weight excluding hydrogens is 807 g/mol. The summed E-state index contributed by atoms with van der Waals surface area (Å²) in [4.78, 5) is 59.1. The van der Waals surface area contributed by atoms with Crippen molar-refractivity contribution >= 4 is 56.6 Å². The first kappa shape index (κ1) is 36.9. The number of benzene rings is 2. The van der Waals surface area contributed by atoms with Gasteiger partial charge in [-0.25, -0.2) is 9.97 Å². The number of anilines is 2. The number of fused-ring (bicyclic) bond motifs is 3. The van der Waals surface area contributed by atoms with Crippen molar-refractivity contribution in [2.75, 3.05) is 36.4 Å². The Kier molecular flexibility index (Phi) is 9.56. The van der Waals surface area contributed by atoms with Crippen LogP contribution in [-0.4, -0.2) is 72.0 Å². The third kappa shape index (κ3) is 6.81. The molecule has 2 fully saturated rings. The van der Waals surface area contributed by atoms with Gasteiger partial charge in [-0.05, 0) is 71.3 Å². The van der Waals surface area contributed by atoms with Gasteiger partial charge in [0.05, 0.1) is 16.3 Å². The Morgan fingerprint density at radius 3 is 2.49 bits per heavy atom. The second kappa shape index (κ2) is 14.2. The molecule has 1 N–H and O–H groups in total. The number of hydrogen-bond donors (Lipinski definition) is 1. The molecule has 55 heavy (non-hydrogen) atoms. The summed E-state index contributed by atoms with van der Waals surface area (Å²) in [7, 11) is 0. The third-order valence-corrected chi connectivity index (χ3v) is 11.4. The van der Waals surface area contributed by atoms with Crippen molar-refractivity contribution in [3.63, 3.8) is 0 Å². The normalized spacial score (nSPS) is 17.7. The number of carbonyl (C=O) groups is 2. The summed E-state index contributed by atoms with van der Waals surface area (Å²) in [6.45, 7) is 4.15. The Balaban J connectivity index is 1.07. The maximum Gasteiger partial charge on any atom is 0.416 e. The lowest BCUT2D eigenvalue weighted by atomic mass is 9.73. The molecule has 2 aliphatic heterocycles. The predicted molar refractivity (Wildman–Crippen MR) is 200 cm³/mol. The molecule has 2 saturated heterocycles. The molecule has 1 aliphatic carbocycles. The van der Waals surface area contributed by atoms with Gasteiger partial charge >= 0.3 is 6.18 Å². The van der Waals surface area contributed by atoms with E-state index in [1.807, 2.05) is 37.3 Å². The first-order chi connectivity index (χ1) is 26.3. The predicted octanol–water partition coefficient (Wildman–Crippen LogP) is 6.22. The number of carbonyl (C=O) groups excluding carboxylic acids is 2. The molecule has 3 aromatic heterocycles. The highest BCUT2D eigenvalue weighted by Crippen LogP contribution is 2.50. The lowest BCUT2D eigenvalue weighted by Crippen LogP contribution is -2.47. The van der Waals surface area contributed by atoms with Crippen LogP contribution >= 0.6 is 27.5 Å². The van der Waals surface area contributed by atoms with Crippen molar-refractivity contribution in [2.24, 2.45) is 0 Å². The van der Waals surface area contributed by atoms with Crippen molar-refractivity contribution in [1.29, 1.82) is 0 Å². The van der Waals surface area contributed by atoms with Crippen molar-refractivity contribution in [3.05, 3.63) is 103 Å². The van der Waals surface area contributed by atoms with E-state index in [1.165, 1.54) is 6.33 Å². The molecule has 3 aliphatic rings. The minimum atomic E-state index is -4.60. The van der Waals surface area contributed by atoms with Crippen LogP contribution in [0.4, 0.5) is 24.7 Å². The van der Waals surface area contributed by atoms with Gasteiger partial charge in [0, 0.05) is 42.9 Å². The average molecular weight is 841 g/mol. The van der Waals surface area contributed by atoms with Crippen LogP contribution in [0.15, 0.2) is 64.4 Å². The van der Waals surface area contributed by atoms with Crippen LogP contribution in [0.3, 0.4) is 0 Å². The minimum absolute atomic E-state index is 0.00638. The monoisotopic (exact) mass is 839 g/mol. The fourth-order valence-electron chi connectivity index (χ4n) is 8.00. The quantitative estimate of drug-likeness (QED) is 0.193. The SMILES string of the molecule is CC1CC2(CCN(C(=O)c3ncnc(N4CCC4)c3OCc3ccccc3)CC2)c2c1n(CC(=O)Nc1ccc(C(F)(F)F)cc1Cl)c1nc(Br)nn1c2=O. The van der Waals surface area contributed by atoms with E-state index in [4.69, 9.17) is 16.3 Å². The number of piperidine rings is 1. The fourth-order valence-corrected chi connectivity index (χ4v) is 8.55. The molecule has 0 bridgehead atoms. The van der Waals surface area contributed by atoms with Gasteiger partial charge in [-0.1, -0.05) is 48.9 Å². The summed E-state index contributed by atoms with van der Waals surface area (Å²) in [6, 6.07) is 12.3. The highest BCUT2D eigenvalue weighted by molar-refractivity contribution is 9.10. The molecule has 13 nitrogen and oxygen atoms in total. The van der Waals surface area contributed by atoms with Gasteiger partial charge in [0.1, 0.15) is 19.5 Å². The number of aromatic nitrogens is 6. The van der Waals surface area contributed by atoms with Gasteiger partial charge in [0.25, 0.3) is 11.5 Å². The van der Waals surface area contributed by atoms with Crippen LogP contribution < -0.4 is 20.5 Å². The summed E-state index contributed by atoms with van der Waals surface area (Å²) < 4.78 is 48.9. The molecule has 286 valence electrons. The molecule has 0 saturated carbocycles. The van der Waals surface area contributed by atoms with Gasteiger partial charge in [-0.3, -0.25) is 14.4 Å². The number of amides is 2. The van der Waals surface area contributed by atoms with Crippen LogP contribution in [0.2, 0.25) is 5.02 Å². The highest BCUT2D eigenvalue weighted by Gasteiger charge is 2.49. The molecule has 1 atom stereocenters. The Morgan fingerprint density at radius 1 is 1.07 bits per heavy atom. The average Bonchev–Trinajstić information content (AvgIpc) is 3.66. The van der Waals surface area contributed by atoms with Gasteiger partial charge in [0.15, 0.2) is 17.3 Å². The fraction of sp³-hybridized carbons (Fsp3) is 0.378. The van der Waals surface area contributed by atoms with Gasteiger partial charge in [-0.2, -0.15) is 22.7 Å². The molecule has 0 radical (unpaired) electrons. The lowest BCUT2D eigenvalue weighted by Gasteiger charge is -2.40. The zero-order valence-corrected chi connectivity index (χ0v) is 31.8. The summed E-state index contributed by atoms with van der Waals surface area (Å²) in [6.07, 6.45) is -0.690. The second-order valence-electron chi connectivity index (χ2n) is 14.2. The number of nitrogens with one attached hydrogen (secondary N) is 1. The molecular formula is C37H34BrClF3N9O4. The van der Waals surface area contributed by atoms with Crippen molar-refractivity contribution < 1.29 is 27.5 Å². The zero-order valence-electron chi connectivity index (χ0n) is 29.4. The van der Waals surface area contributed by atoms with Gasteiger partial charge in [-0.15, -0.1) is 5.10 Å². The zero-order chi connectivity index (χ0) is 38.6. The van der Waals surface area contributed by atoms with Gasteiger partial charge < -0.3 is 24.4 Å². The molecule has 8 rings (SSSR count). The summed E-state index contributed by atoms with van der Waals surface area (Å²) in [5, 5.41) is 6.62. The number of alkyl halides is 3. The van der Waals surface area contributed by atoms with E-state index >= 15 is 0 Å². The smallest absolute Gasteiger partial charge is 0.416 e. The maximum absolute atomic E-state index is 14.2. The molecule has 2 aromatic carbocycles. The summed E-state index contributed by atoms with van der Waals surface area (Å²) in [5.74, 6) is -0.0119. The molecule has 5 heterocycles. The van der Waals surface area contributed by atoms with Crippen LogP contribution in [0.1, 0.15) is 71.4 Å². The standard InChI is InChI=1S/C37H34BrClF3N9O4/c1-21-17-36(10-14-49(15-11-36)33(54)28-30(55-19-22-6-3-2-4-7-22)31(44-20-43-28)48-12-5-13-48)27-29(21)50(35-46-34(38)47-51(35)32(27)53)18-26(52)45-25-9-8-23(16-24(25)39)37(40,41)42/h2-4,6-9,16,20-21H,5,10-15,17-19H2,1H3,(H,45,52). The second-order valence-corrected chi connectivity index (χ2v) is 15.3. The Labute approximate surface area is 325 Å². The number of halogens is 5. The first-order valence-electron chi connectivity index (χ1n) is 17.7. The van der Waals surface area contributed by atoms with E-state index in [-0.39, 0.29) is 57.5 Å². The van der Waals surface area contributed by atoms with Crippen molar-refractivity contribution in [1.82, 2.24) is 34.0 Å². The molecule has 2 amide bonds. The number of hydrogen-bond acceptors (Lipinski definition) is 9. The number of likely N-dealkylation sites (tertiary alicyclic amines) is 1. The minimum Gasteiger partial charge on any atom is -0.483 e.